The zero-order valence-corrected chi connectivity index (χ0v) is 18.2. The molecule has 0 saturated carbocycles. The van der Waals surface area contributed by atoms with Crippen molar-refractivity contribution in [3.8, 4) is 0 Å². The first-order chi connectivity index (χ1) is 14.1. The molecule has 0 aromatic heterocycles. The highest BCUT2D eigenvalue weighted by Crippen LogP contribution is 2.47. The van der Waals surface area contributed by atoms with Gasteiger partial charge in [-0.25, -0.2) is 0 Å². The van der Waals surface area contributed by atoms with E-state index in [1.54, 1.807) is 76.7 Å². The molecule has 0 spiro atoms. The van der Waals surface area contributed by atoms with Crippen molar-refractivity contribution in [2.24, 2.45) is 0 Å². The van der Waals surface area contributed by atoms with Gasteiger partial charge in [0.2, 0.25) is 11.8 Å². The Morgan fingerprint density at radius 2 is 0.967 bits per heavy atom. The molecule has 2 atom stereocenters. The lowest BCUT2D eigenvalue weighted by atomic mass is 9.68. The molecule has 2 aromatic rings. The van der Waals surface area contributed by atoms with E-state index in [9.17, 15) is 19.8 Å². The van der Waals surface area contributed by atoms with E-state index in [1.165, 1.54) is 9.80 Å². The number of rotatable bonds is 9. The van der Waals surface area contributed by atoms with Crippen molar-refractivity contribution in [3.05, 3.63) is 71.8 Å². The molecular formula is C24H32N2O4. The van der Waals surface area contributed by atoms with Gasteiger partial charge in [-0.15, -0.1) is 0 Å². The van der Waals surface area contributed by atoms with Crippen molar-refractivity contribution in [3.63, 3.8) is 0 Å². The Labute approximate surface area is 178 Å². The van der Waals surface area contributed by atoms with Crippen LogP contribution in [0, 0.1) is 0 Å². The first-order valence-electron chi connectivity index (χ1n) is 10.1. The lowest BCUT2D eigenvalue weighted by molar-refractivity contribution is -0.179. The van der Waals surface area contributed by atoms with Crippen LogP contribution in [0.25, 0.3) is 0 Å². The second-order valence-electron chi connectivity index (χ2n) is 8.03. The lowest BCUT2D eigenvalue weighted by Gasteiger charge is -2.45. The monoisotopic (exact) mass is 412 g/mol. The molecule has 162 valence electrons. The summed E-state index contributed by atoms with van der Waals surface area (Å²) in [5.41, 5.74) is -2.54. The lowest BCUT2D eigenvalue weighted by Crippen LogP contribution is -2.50. The summed E-state index contributed by atoms with van der Waals surface area (Å²) in [6.07, 6.45) is 0.121. The fourth-order valence-electron chi connectivity index (χ4n) is 3.63. The molecule has 0 fully saturated rings. The maximum atomic E-state index is 12.3. The molecule has 0 saturated heterocycles. The van der Waals surface area contributed by atoms with Crippen molar-refractivity contribution >= 4 is 11.8 Å². The second-order valence-corrected chi connectivity index (χ2v) is 8.03. The average molecular weight is 413 g/mol. The Morgan fingerprint density at radius 1 is 0.667 bits per heavy atom. The maximum Gasteiger partial charge on any atom is 0.222 e. The van der Waals surface area contributed by atoms with E-state index in [-0.39, 0.29) is 37.5 Å². The van der Waals surface area contributed by atoms with E-state index in [2.05, 4.69) is 0 Å². The summed E-state index contributed by atoms with van der Waals surface area (Å²) >= 11 is 0. The summed E-state index contributed by atoms with van der Waals surface area (Å²) in [6, 6.07) is 17.7. The Balaban J connectivity index is 2.56. The van der Waals surface area contributed by atoms with Crippen LogP contribution in [0.15, 0.2) is 60.7 Å². The van der Waals surface area contributed by atoms with Crippen molar-refractivity contribution in [2.45, 2.75) is 36.9 Å². The quantitative estimate of drug-likeness (QED) is 0.663. The Hall–Kier alpha value is -2.70. The summed E-state index contributed by atoms with van der Waals surface area (Å²) in [6.45, 7) is 0. The Kier molecular flexibility index (Phi) is 7.76. The fraction of sp³-hybridized carbons (Fsp3) is 0.417. The van der Waals surface area contributed by atoms with Gasteiger partial charge in [0.1, 0.15) is 11.2 Å². The van der Waals surface area contributed by atoms with Crippen LogP contribution < -0.4 is 0 Å². The predicted octanol–water partition coefficient (Wildman–Crippen LogP) is 2.50. The minimum absolute atomic E-state index is 0.00950. The minimum Gasteiger partial charge on any atom is -0.382 e. The zero-order chi connectivity index (χ0) is 22.4. The molecule has 0 heterocycles. The molecule has 6 heteroatoms. The van der Waals surface area contributed by atoms with Gasteiger partial charge in [-0.1, -0.05) is 60.7 Å². The van der Waals surface area contributed by atoms with Crippen molar-refractivity contribution < 1.29 is 19.8 Å². The van der Waals surface area contributed by atoms with E-state index in [0.717, 1.165) is 0 Å². The normalized spacial score (nSPS) is 15.0. The molecular weight excluding hydrogens is 380 g/mol. The molecule has 30 heavy (non-hydrogen) atoms. The molecule has 6 nitrogen and oxygen atoms in total. The molecule has 0 aliphatic heterocycles. The molecule has 0 aliphatic carbocycles. The topological polar surface area (TPSA) is 81.1 Å². The van der Waals surface area contributed by atoms with Gasteiger partial charge in [0.05, 0.1) is 0 Å². The SMILES string of the molecule is CN(C)C(=O)CC[C@@](O)(c1ccccc1)[C@@](O)(CCC(=O)N(C)C)c1ccccc1. The highest BCUT2D eigenvalue weighted by atomic mass is 16.4. The van der Waals surface area contributed by atoms with Crippen LogP contribution in [0.5, 0.6) is 0 Å². The van der Waals surface area contributed by atoms with E-state index in [4.69, 9.17) is 0 Å². The predicted molar refractivity (Wildman–Crippen MR) is 117 cm³/mol. The summed E-state index contributed by atoms with van der Waals surface area (Å²) in [7, 11) is 6.62. The van der Waals surface area contributed by atoms with Crippen molar-refractivity contribution in [2.75, 3.05) is 28.2 Å². The summed E-state index contributed by atoms with van der Waals surface area (Å²) in [4.78, 5) is 27.5. The number of hydrogen-bond acceptors (Lipinski definition) is 4. The first-order valence-corrected chi connectivity index (χ1v) is 10.1. The van der Waals surface area contributed by atoms with Crippen LogP contribution in [0.4, 0.5) is 0 Å². The zero-order valence-electron chi connectivity index (χ0n) is 18.2. The van der Waals surface area contributed by atoms with Crippen LogP contribution in [0.3, 0.4) is 0 Å². The van der Waals surface area contributed by atoms with Gasteiger partial charge in [0.15, 0.2) is 0 Å². The standard InChI is InChI=1S/C24H32N2O4/c1-25(2)21(27)15-17-23(29,19-11-7-5-8-12-19)24(30,18-16-22(28)26(3)4)20-13-9-6-10-14-20/h5-14,29-30H,15-18H2,1-4H3/t23-,24-/m1/s1. The number of nitrogens with zero attached hydrogens (tertiary/aromatic N) is 2. The molecule has 2 amide bonds. The molecule has 2 rings (SSSR count). The van der Waals surface area contributed by atoms with Crippen molar-refractivity contribution in [1.82, 2.24) is 9.80 Å². The highest BCUT2D eigenvalue weighted by Gasteiger charge is 2.51. The smallest absolute Gasteiger partial charge is 0.222 e. The van der Waals surface area contributed by atoms with Crippen molar-refractivity contribution in [1.29, 1.82) is 0 Å². The second kappa shape index (κ2) is 9.87. The number of aliphatic hydroxyl groups is 2. The Bertz CT molecular complexity index is 767. The summed E-state index contributed by atoms with van der Waals surface area (Å²) in [5.74, 6) is -0.298. The van der Waals surface area contributed by atoms with Crippen LogP contribution in [-0.4, -0.2) is 60.0 Å². The van der Waals surface area contributed by atoms with Crippen LogP contribution in [0.2, 0.25) is 0 Å². The van der Waals surface area contributed by atoms with Gasteiger partial charge >= 0.3 is 0 Å². The summed E-state index contributed by atoms with van der Waals surface area (Å²) in [5, 5.41) is 24.0. The average Bonchev–Trinajstić information content (AvgIpc) is 2.76. The van der Waals surface area contributed by atoms with Gasteiger partial charge in [-0.05, 0) is 24.0 Å². The molecule has 2 N–H and O–H groups in total. The summed E-state index contributed by atoms with van der Waals surface area (Å²) < 4.78 is 0. The van der Waals surface area contributed by atoms with Crippen LogP contribution >= 0.6 is 0 Å². The molecule has 0 bridgehead atoms. The number of benzene rings is 2. The van der Waals surface area contributed by atoms with Gasteiger partial charge in [-0.3, -0.25) is 9.59 Å². The van der Waals surface area contributed by atoms with Crippen LogP contribution in [-0.2, 0) is 20.8 Å². The molecule has 0 aliphatic rings. The number of amides is 2. The maximum absolute atomic E-state index is 12.3. The molecule has 0 unspecified atom stereocenters. The third kappa shape index (κ3) is 5.07. The van der Waals surface area contributed by atoms with Gasteiger partial charge in [0.25, 0.3) is 0 Å². The first kappa shape index (κ1) is 23.6. The van der Waals surface area contributed by atoms with E-state index in [0.29, 0.717) is 11.1 Å². The molecule has 2 aromatic carbocycles. The molecule has 0 radical (unpaired) electrons. The Morgan fingerprint density at radius 3 is 1.23 bits per heavy atom. The fourth-order valence-corrected chi connectivity index (χ4v) is 3.63. The largest absolute Gasteiger partial charge is 0.382 e. The van der Waals surface area contributed by atoms with Gasteiger partial charge < -0.3 is 20.0 Å². The third-order valence-electron chi connectivity index (χ3n) is 5.59. The van der Waals surface area contributed by atoms with E-state index in [1.807, 2.05) is 12.1 Å². The van der Waals surface area contributed by atoms with Gasteiger partial charge in [-0.2, -0.15) is 0 Å². The number of carbonyl (C=O) groups is 2. The van der Waals surface area contributed by atoms with Gasteiger partial charge in [0, 0.05) is 41.0 Å². The third-order valence-corrected chi connectivity index (χ3v) is 5.59. The van der Waals surface area contributed by atoms with Crippen LogP contribution in [0.1, 0.15) is 36.8 Å². The number of carbonyl (C=O) groups excluding carboxylic acids is 2. The van der Waals surface area contributed by atoms with E-state index >= 15 is 0 Å². The highest BCUT2D eigenvalue weighted by molar-refractivity contribution is 5.76. The number of hydrogen-bond donors (Lipinski definition) is 2. The minimum atomic E-state index is -1.77. The van der Waals surface area contributed by atoms with E-state index < -0.39 is 11.2 Å².